The third-order valence-corrected chi connectivity index (χ3v) is 5.45. The molecule has 2 nitrogen and oxygen atoms in total. The van der Waals surface area contributed by atoms with Crippen molar-refractivity contribution >= 4 is 0 Å². The van der Waals surface area contributed by atoms with E-state index >= 15 is 0 Å². The van der Waals surface area contributed by atoms with Gasteiger partial charge in [0, 0.05) is 18.6 Å². The monoisotopic (exact) mass is 252 g/mol. The lowest BCUT2D eigenvalue weighted by Gasteiger charge is -2.42. The van der Waals surface area contributed by atoms with E-state index in [9.17, 15) is 0 Å². The summed E-state index contributed by atoms with van der Waals surface area (Å²) in [6, 6.07) is 1.58. The van der Waals surface area contributed by atoms with Crippen molar-refractivity contribution in [1.29, 1.82) is 0 Å². The van der Waals surface area contributed by atoms with E-state index < -0.39 is 0 Å². The van der Waals surface area contributed by atoms with Crippen LogP contribution in [0.2, 0.25) is 0 Å². The predicted octanol–water partition coefficient (Wildman–Crippen LogP) is 3.28. The van der Waals surface area contributed by atoms with Gasteiger partial charge in [-0.05, 0) is 64.5 Å². The predicted molar refractivity (Wildman–Crippen MR) is 78.9 cm³/mol. The first-order valence-corrected chi connectivity index (χ1v) is 8.15. The molecule has 4 unspecified atom stereocenters. The van der Waals surface area contributed by atoms with Gasteiger partial charge in [-0.2, -0.15) is 0 Å². The van der Waals surface area contributed by atoms with Crippen LogP contribution >= 0.6 is 0 Å². The average molecular weight is 252 g/mol. The van der Waals surface area contributed by atoms with Gasteiger partial charge in [0.15, 0.2) is 0 Å². The SMILES string of the molecule is CCC1CCC(NC)C(CN2CCCCC2C)C1. The molecule has 106 valence electrons. The Morgan fingerprint density at radius 3 is 2.67 bits per heavy atom. The highest BCUT2D eigenvalue weighted by Gasteiger charge is 2.31. The molecule has 0 aromatic rings. The van der Waals surface area contributed by atoms with Crippen molar-refractivity contribution in [2.24, 2.45) is 11.8 Å². The van der Waals surface area contributed by atoms with Crippen LogP contribution in [-0.2, 0) is 0 Å². The first-order chi connectivity index (χ1) is 8.74. The molecule has 2 aliphatic rings. The van der Waals surface area contributed by atoms with Crippen LogP contribution in [0.25, 0.3) is 0 Å². The molecule has 4 atom stereocenters. The molecule has 0 aromatic carbocycles. The Labute approximate surface area is 114 Å². The zero-order valence-electron chi connectivity index (χ0n) is 12.6. The summed E-state index contributed by atoms with van der Waals surface area (Å²) in [6.45, 7) is 7.46. The fourth-order valence-electron chi connectivity index (χ4n) is 4.04. The van der Waals surface area contributed by atoms with Crippen LogP contribution in [0.15, 0.2) is 0 Å². The van der Waals surface area contributed by atoms with Crippen LogP contribution in [0.5, 0.6) is 0 Å². The Morgan fingerprint density at radius 1 is 1.17 bits per heavy atom. The molecule has 0 amide bonds. The van der Waals surface area contributed by atoms with Gasteiger partial charge >= 0.3 is 0 Å². The second-order valence-corrected chi connectivity index (χ2v) is 6.58. The summed E-state index contributed by atoms with van der Waals surface area (Å²) >= 11 is 0. The third kappa shape index (κ3) is 3.48. The first kappa shape index (κ1) is 14.3. The van der Waals surface area contributed by atoms with Gasteiger partial charge in [-0.1, -0.05) is 19.8 Å². The summed E-state index contributed by atoms with van der Waals surface area (Å²) in [6.07, 6.45) is 9.92. The molecule has 1 aliphatic carbocycles. The molecule has 0 spiro atoms. The smallest absolute Gasteiger partial charge is 0.0105 e. The van der Waals surface area contributed by atoms with Gasteiger partial charge in [0.25, 0.3) is 0 Å². The Balaban J connectivity index is 1.91. The number of piperidine rings is 1. The van der Waals surface area contributed by atoms with E-state index in [0.717, 1.165) is 23.9 Å². The second kappa shape index (κ2) is 6.91. The summed E-state index contributed by atoms with van der Waals surface area (Å²) in [7, 11) is 2.16. The van der Waals surface area contributed by atoms with Crippen molar-refractivity contribution in [3.05, 3.63) is 0 Å². The topological polar surface area (TPSA) is 15.3 Å². The molecule has 2 heteroatoms. The van der Waals surface area contributed by atoms with Crippen molar-refractivity contribution < 1.29 is 0 Å². The van der Waals surface area contributed by atoms with Crippen LogP contribution in [0.3, 0.4) is 0 Å². The molecule has 2 rings (SSSR count). The first-order valence-electron chi connectivity index (χ1n) is 8.15. The van der Waals surface area contributed by atoms with Gasteiger partial charge in [-0.3, -0.25) is 0 Å². The fraction of sp³-hybridized carbons (Fsp3) is 1.00. The summed E-state index contributed by atoms with van der Waals surface area (Å²) < 4.78 is 0. The largest absolute Gasteiger partial charge is 0.317 e. The quantitative estimate of drug-likeness (QED) is 0.826. The Morgan fingerprint density at radius 2 is 2.00 bits per heavy atom. The van der Waals surface area contributed by atoms with Gasteiger partial charge < -0.3 is 10.2 Å². The van der Waals surface area contributed by atoms with Gasteiger partial charge in [0.2, 0.25) is 0 Å². The van der Waals surface area contributed by atoms with Crippen molar-refractivity contribution in [2.45, 2.75) is 70.9 Å². The molecule has 1 heterocycles. The summed E-state index contributed by atoms with van der Waals surface area (Å²) in [5.41, 5.74) is 0. The Kier molecular flexibility index (Phi) is 5.50. The van der Waals surface area contributed by atoms with Crippen molar-refractivity contribution in [1.82, 2.24) is 10.2 Å². The second-order valence-electron chi connectivity index (χ2n) is 6.58. The van der Waals surface area contributed by atoms with Gasteiger partial charge in [-0.15, -0.1) is 0 Å². The van der Waals surface area contributed by atoms with Crippen molar-refractivity contribution in [2.75, 3.05) is 20.1 Å². The van der Waals surface area contributed by atoms with Crippen molar-refractivity contribution in [3.63, 3.8) is 0 Å². The number of hydrogen-bond donors (Lipinski definition) is 1. The van der Waals surface area contributed by atoms with Crippen LogP contribution < -0.4 is 5.32 Å². The van der Waals surface area contributed by atoms with Crippen molar-refractivity contribution in [3.8, 4) is 0 Å². The standard InChI is InChI=1S/C16H32N2/c1-4-14-8-9-16(17-3)15(11-14)12-18-10-6-5-7-13(18)2/h13-17H,4-12H2,1-3H3. The van der Waals surface area contributed by atoms with Crippen LogP contribution in [0.4, 0.5) is 0 Å². The normalized spacial score (nSPS) is 38.8. The zero-order valence-corrected chi connectivity index (χ0v) is 12.6. The lowest BCUT2D eigenvalue weighted by Crippen LogP contribution is -2.48. The van der Waals surface area contributed by atoms with Crippen LogP contribution in [0.1, 0.15) is 58.8 Å². The third-order valence-electron chi connectivity index (χ3n) is 5.45. The molecule has 2 fully saturated rings. The minimum atomic E-state index is 0.766. The van der Waals surface area contributed by atoms with E-state index in [1.165, 1.54) is 58.0 Å². The molecule has 0 aromatic heterocycles. The Hall–Kier alpha value is -0.0800. The number of rotatable bonds is 4. The maximum Gasteiger partial charge on any atom is 0.0105 e. The van der Waals surface area contributed by atoms with Gasteiger partial charge in [-0.25, -0.2) is 0 Å². The maximum atomic E-state index is 3.58. The maximum absolute atomic E-state index is 3.58. The van der Waals surface area contributed by atoms with E-state index in [-0.39, 0.29) is 0 Å². The highest BCUT2D eigenvalue weighted by atomic mass is 15.2. The lowest BCUT2D eigenvalue weighted by atomic mass is 9.76. The molecular weight excluding hydrogens is 220 g/mol. The van der Waals surface area contributed by atoms with Gasteiger partial charge in [0.05, 0.1) is 0 Å². The molecule has 1 saturated heterocycles. The Bertz CT molecular complexity index is 241. The molecule has 1 saturated carbocycles. The lowest BCUT2D eigenvalue weighted by molar-refractivity contribution is 0.0944. The van der Waals surface area contributed by atoms with E-state index in [1.54, 1.807) is 0 Å². The summed E-state index contributed by atoms with van der Waals surface area (Å²) in [5, 5.41) is 3.58. The number of likely N-dealkylation sites (tertiary alicyclic amines) is 1. The van der Waals surface area contributed by atoms with E-state index in [2.05, 4.69) is 31.1 Å². The number of hydrogen-bond acceptors (Lipinski definition) is 2. The molecule has 0 radical (unpaired) electrons. The summed E-state index contributed by atoms with van der Waals surface area (Å²) in [4.78, 5) is 2.76. The molecular formula is C16H32N2. The minimum Gasteiger partial charge on any atom is -0.317 e. The highest BCUT2D eigenvalue weighted by molar-refractivity contribution is 4.87. The van der Waals surface area contributed by atoms with Crippen LogP contribution in [0, 0.1) is 11.8 Å². The van der Waals surface area contributed by atoms with E-state index in [4.69, 9.17) is 0 Å². The molecule has 1 aliphatic heterocycles. The fourth-order valence-corrected chi connectivity index (χ4v) is 4.04. The molecule has 18 heavy (non-hydrogen) atoms. The molecule has 1 N–H and O–H groups in total. The van der Waals surface area contributed by atoms with Crippen LogP contribution in [-0.4, -0.2) is 37.1 Å². The summed E-state index contributed by atoms with van der Waals surface area (Å²) in [5.74, 6) is 1.87. The van der Waals surface area contributed by atoms with E-state index in [1.807, 2.05) is 0 Å². The minimum absolute atomic E-state index is 0.766. The molecule has 0 bridgehead atoms. The zero-order chi connectivity index (χ0) is 13.0. The number of nitrogens with one attached hydrogen (secondary N) is 1. The average Bonchev–Trinajstić information content (AvgIpc) is 2.41. The van der Waals surface area contributed by atoms with Gasteiger partial charge in [0.1, 0.15) is 0 Å². The van der Waals surface area contributed by atoms with E-state index in [0.29, 0.717) is 0 Å². The highest BCUT2D eigenvalue weighted by Crippen LogP contribution is 2.32. The number of nitrogens with zero attached hydrogens (tertiary/aromatic N) is 1.